The Kier molecular flexibility index (Phi) is 10.5. The van der Waals surface area contributed by atoms with Crippen LogP contribution in [0.2, 0.25) is 0 Å². The highest BCUT2D eigenvalue weighted by atomic mass is 32.2. The Morgan fingerprint density at radius 3 is 1.00 bits per heavy atom. The predicted molar refractivity (Wildman–Crippen MR) is 171 cm³/mol. The van der Waals surface area contributed by atoms with E-state index in [0.717, 1.165) is 38.9 Å². The molecule has 204 valence electrons. The minimum atomic E-state index is -0.605. The summed E-state index contributed by atoms with van der Waals surface area (Å²) in [4.78, 5) is 34.6. The van der Waals surface area contributed by atoms with Crippen molar-refractivity contribution in [3.8, 4) is 0 Å². The lowest BCUT2D eigenvalue weighted by atomic mass is 9.65. The fourth-order valence-electron chi connectivity index (χ4n) is 4.80. The molecule has 0 unspecified atom stereocenters. The second-order valence-corrected chi connectivity index (χ2v) is 13.0. The van der Waals surface area contributed by atoms with Crippen LogP contribution in [-0.2, 0) is 37.1 Å². The molecule has 0 aromatic heterocycles. The molecule has 6 heteroatoms. The average Bonchev–Trinajstić information content (AvgIpc) is 2.96. The molecule has 4 aromatic rings. The van der Waals surface area contributed by atoms with E-state index in [9.17, 15) is 14.4 Å². The Bertz CT molecular complexity index is 1300. The van der Waals surface area contributed by atoms with Crippen LogP contribution in [0.5, 0.6) is 0 Å². The highest BCUT2D eigenvalue weighted by Crippen LogP contribution is 2.45. The number of carbonyl (C=O) groups excluding carboxylic acids is 3. The Morgan fingerprint density at radius 1 is 0.450 bits per heavy atom. The van der Waals surface area contributed by atoms with E-state index < -0.39 is 5.41 Å². The summed E-state index contributed by atoms with van der Waals surface area (Å²) in [5.74, 6) is 1.91. The molecule has 0 atom stereocenters. The molecule has 0 aliphatic heterocycles. The van der Waals surface area contributed by atoms with Gasteiger partial charge in [-0.1, -0.05) is 138 Å². The van der Waals surface area contributed by atoms with E-state index >= 15 is 0 Å². The third-order valence-corrected chi connectivity index (χ3v) is 9.35. The number of carbonyl (C=O) groups is 3. The molecule has 0 radical (unpaired) electrons. The number of hydrogen-bond acceptors (Lipinski definition) is 6. The fraction of sp³-hybridized carbons (Fsp3) is 0.206. The zero-order chi connectivity index (χ0) is 28.5. The Hall–Kier alpha value is -3.06. The predicted octanol–water partition coefficient (Wildman–Crippen LogP) is 8.41. The van der Waals surface area contributed by atoms with Gasteiger partial charge in [0, 0.05) is 38.0 Å². The summed E-state index contributed by atoms with van der Waals surface area (Å²) in [6, 6.07) is 36.2. The molecular weight excluding hydrogens is 553 g/mol. The van der Waals surface area contributed by atoms with E-state index in [-0.39, 0.29) is 15.3 Å². The first-order valence-electron chi connectivity index (χ1n) is 13.0. The number of benzene rings is 4. The van der Waals surface area contributed by atoms with Gasteiger partial charge in [-0.15, -0.1) is 0 Å². The monoisotopic (exact) mass is 584 g/mol. The maximum atomic E-state index is 11.5. The lowest BCUT2D eigenvalue weighted by Gasteiger charge is -2.37. The molecule has 0 fully saturated rings. The summed E-state index contributed by atoms with van der Waals surface area (Å²) in [6.45, 7) is 4.78. The molecule has 3 nitrogen and oxygen atoms in total. The SMILES string of the molecule is CC(=O)SCc1ccc(C(c2ccccc2)(c2ccc(CSC(C)=O)cc2)c2ccc(CSC(C)=O)cc2)cc1. The highest BCUT2D eigenvalue weighted by Gasteiger charge is 2.38. The van der Waals surface area contributed by atoms with Gasteiger partial charge in [-0.05, 0) is 38.9 Å². The van der Waals surface area contributed by atoms with Crippen LogP contribution >= 0.6 is 35.3 Å². The number of rotatable bonds is 10. The normalized spacial score (nSPS) is 11.3. The van der Waals surface area contributed by atoms with Gasteiger partial charge < -0.3 is 0 Å². The van der Waals surface area contributed by atoms with Gasteiger partial charge in [-0.2, -0.15) is 0 Å². The van der Waals surface area contributed by atoms with Crippen LogP contribution in [0.15, 0.2) is 103 Å². The van der Waals surface area contributed by atoms with Crippen LogP contribution in [-0.4, -0.2) is 15.3 Å². The first kappa shape index (κ1) is 29.9. The molecular formula is C34H32O3S3. The zero-order valence-corrected chi connectivity index (χ0v) is 25.3. The van der Waals surface area contributed by atoms with Crippen molar-refractivity contribution in [3.05, 3.63) is 142 Å². The van der Waals surface area contributed by atoms with E-state index in [1.54, 1.807) is 20.8 Å². The topological polar surface area (TPSA) is 51.2 Å². The third kappa shape index (κ3) is 7.36. The van der Waals surface area contributed by atoms with E-state index in [1.165, 1.54) is 35.3 Å². The van der Waals surface area contributed by atoms with Gasteiger partial charge in [-0.3, -0.25) is 14.4 Å². The molecule has 0 aliphatic rings. The van der Waals surface area contributed by atoms with Gasteiger partial charge in [0.1, 0.15) is 0 Å². The maximum absolute atomic E-state index is 11.5. The molecule has 0 N–H and O–H groups in total. The highest BCUT2D eigenvalue weighted by molar-refractivity contribution is 8.13. The van der Waals surface area contributed by atoms with Gasteiger partial charge in [0.2, 0.25) is 0 Å². The zero-order valence-electron chi connectivity index (χ0n) is 22.9. The molecule has 4 rings (SSSR count). The van der Waals surface area contributed by atoms with Crippen LogP contribution in [0.4, 0.5) is 0 Å². The molecule has 0 amide bonds. The summed E-state index contributed by atoms with van der Waals surface area (Å²) in [7, 11) is 0. The molecule has 0 aliphatic carbocycles. The largest absolute Gasteiger partial charge is 0.288 e. The van der Waals surface area contributed by atoms with E-state index in [4.69, 9.17) is 0 Å². The van der Waals surface area contributed by atoms with Crippen molar-refractivity contribution in [3.63, 3.8) is 0 Å². The fourth-order valence-corrected chi connectivity index (χ4v) is 6.48. The minimum Gasteiger partial charge on any atom is -0.288 e. The van der Waals surface area contributed by atoms with Crippen LogP contribution < -0.4 is 0 Å². The van der Waals surface area contributed by atoms with E-state index in [1.807, 2.05) is 6.07 Å². The Balaban J connectivity index is 1.88. The molecule has 0 saturated carbocycles. The third-order valence-electron chi connectivity index (χ3n) is 6.69. The molecule has 0 heterocycles. The Morgan fingerprint density at radius 2 is 0.725 bits per heavy atom. The lowest BCUT2D eigenvalue weighted by Crippen LogP contribution is -2.31. The smallest absolute Gasteiger partial charge is 0.186 e. The second kappa shape index (κ2) is 14.0. The van der Waals surface area contributed by atoms with Gasteiger partial charge in [-0.25, -0.2) is 0 Å². The van der Waals surface area contributed by atoms with Gasteiger partial charge in [0.25, 0.3) is 0 Å². The summed E-state index contributed by atoms with van der Waals surface area (Å²) in [6.07, 6.45) is 0. The molecule has 40 heavy (non-hydrogen) atoms. The quantitative estimate of drug-likeness (QED) is 0.174. The first-order valence-corrected chi connectivity index (χ1v) is 16.0. The van der Waals surface area contributed by atoms with Gasteiger partial charge >= 0.3 is 0 Å². The van der Waals surface area contributed by atoms with Crippen molar-refractivity contribution in [1.29, 1.82) is 0 Å². The Labute approximate surface area is 249 Å². The van der Waals surface area contributed by atoms with Crippen LogP contribution in [0.1, 0.15) is 59.7 Å². The van der Waals surface area contributed by atoms with Crippen molar-refractivity contribution in [2.45, 2.75) is 43.4 Å². The summed E-state index contributed by atoms with van der Waals surface area (Å²) in [5, 5.41) is 0.316. The van der Waals surface area contributed by atoms with Gasteiger partial charge in [0.15, 0.2) is 15.3 Å². The average molecular weight is 585 g/mol. The van der Waals surface area contributed by atoms with E-state index in [2.05, 4.69) is 97.1 Å². The second-order valence-electron chi connectivity index (χ2n) is 9.55. The maximum Gasteiger partial charge on any atom is 0.186 e. The summed E-state index contributed by atoms with van der Waals surface area (Å²) < 4.78 is 0. The number of hydrogen-bond donors (Lipinski definition) is 0. The van der Waals surface area contributed by atoms with Crippen molar-refractivity contribution in [2.75, 3.05) is 0 Å². The van der Waals surface area contributed by atoms with Crippen molar-refractivity contribution < 1.29 is 14.4 Å². The van der Waals surface area contributed by atoms with E-state index in [0.29, 0.717) is 17.3 Å². The molecule has 0 saturated heterocycles. The van der Waals surface area contributed by atoms with Crippen molar-refractivity contribution in [1.82, 2.24) is 0 Å². The molecule has 4 aromatic carbocycles. The number of thioether (sulfide) groups is 3. The lowest BCUT2D eigenvalue weighted by molar-refractivity contribution is -0.109. The van der Waals surface area contributed by atoms with Crippen LogP contribution in [0.3, 0.4) is 0 Å². The van der Waals surface area contributed by atoms with Crippen LogP contribution in [0.25, 0.3) is 0 Å². The molecule has 0 bridgehead atoms. The summed E-state index contributed by atoms with van der Waals surface area (Å²) in [5.41, 5.74) is 7.17. The van der Waals surface area contributed by atoms with Crippen molar-refractivity contribution >= 4 is 50.6 Å². The summed E-state index contributed by atoms with van der Waals surface area (Å²) >= 11 is 3.94. The minimum absolute atomic E-state index is 0.105. The standard InChI is InChI=1S/C34H32O3S3/c1-24(35)38-21-27-9-15-31(16-10-27)34(30-7-5-4-6-8-30,32-17-11-28(12-18-32)22-39-25(2)36)33-19-13-29(14-20-33)23-40-26(3)37/h4-20H,21-23H2,1-3H3. The van der Waals surface area contributed by atoms with Crippen LogP contribution in [0, 0.1) is 0 Å². The van der Waals surface area contributed by atoms with Crippen molar-refractivity contribution in [2.24, 2.45) is 0 Å². The first-order chi connectivity index (χ1) is 19.3. The van der Waals surface area contributed by atoms with Gasteiger partial charge in [0.05, 0.1) is 5.41 Å². The molecule has 0 spiro atoms.